The number of hydrogen-bond acceptors (Lipinski definition) is 11. The number of allylic oxidation sites excluding steroid dienone is 1. The Morgan fingerprint density at radius 3 is 2.45 bits per heavy atom. The van der Waals surface area contributed by atoms with Crippen molar-refractivity contribution in [2.75, 3.05) is 41.7 Å². The van der Waals surface area contributed by atoms with Crippen molar-refractivity contribution in [3.8, 4) is 5.82 Å². The van der Waals surface area contributed by atoms with E-state index in [0.717, 1.165) is 29.4 Å². The van der Waals surface area contributed by atoms with Crippen molar-refractivity contribution < 1.29 is 27.9 Å². The lowest BCUT2D eigenvalue weighted by Gasteiger charge is -2.45. The quantitative estimate of drug-likeness (QED) is 0.0925. The first-order valence-electron chi connectivity index (χ1n) is 21.3. The first-order chi connectivity index (χ1) is 29.8. The molecule has 1 aliphatic carbocycles. The first-order valence-corrected chi connectivity index (χ1v) is 21.3. The molecule has 3 saturated heterocycles. The molecule has 4 aliphatic rings. The van der Waals surface area contributed by atoms with E-state index in [1.807, 2.05) is 48.2 Å². The van der Waals surface area contributed by atoms with Crippen LogP contribution in [0.5, 0.6) is 0 Å². The van der Waals surface area contributed by atoms with E-state index in [1.54, 1.807) is 10.8 Å². The number of aryl methyl sites for hydroxylation is 1. The molecule has 3 aromatic heterocycles. The Morgan fingerprint density at radius 2 is 1.74 bits per heavy atom. The second-order valence-electron chi connectivity index (χ2n) is 16.8. The number of pyridine rings is 1. The van der Waals surface area contributed by atoms with Crippen LogP contribution in [0, 0.1) is 5.82 Å². The summed E-state index contributed by atoms with van der Waals surface area (Å²) >= 11 is 0. The second kappa shape index (κ2) is 16.3. The summed E-state index contributed by atoms with van der Waals surface area (Å²) in [7, 11) is 0. The summed E-state index contributed by atoms with van der Waals surface area (Å²) in [4.78, 5) is 55.3. The van der Waals surface area contributed by atoms with Crippen molar-refractivity contribution in [1.82, 2.24) is 34.5 Å². The highest BCUT2D eigenvalue weighted by atomic mass is 19.3. The number of aromatic nitrogens is 5. The predicted octanol–water partition coefficient (Wildman–Crippen LogP) is 5.90. The topological polar surface area (TPSA) is 163 Å². The number of amides is 2. The minimum Gasteiger partial charge on any atom is -0.384 e. The van der Waals surface area contributed by atoms with Gasteiger partial charge in [-0.15, -0.1) is 6.58 Å². The summed E-state index contributed by atoms with van der Waals surface area (Å²) in [6.45, 7) is 7.32. The fourth-order valence-electron chi connectivity index (χ4n) is 9.58. The average Bonchev–Trinajstić information content (AvgIpc) is 3.74. The number of rotatable bonds is 11. The van der Waals surface area contributed by atoms with Crippen molar-refractivity contribution in [3.05, 3.63) is 106 Å². The van der Waals surface area contributed by atoms with Gasteiger partial charge in [0.2, 0.25) is 17.8 Å². The number of likely N-dealkylation sites (tertiary alicyclic amines) is 1. The number of nitrogens with one attached hydrogen (secondary N) is 3. The molecule has 1 unspecified atom stereocenters. The lowest BCUT2D eigenvalue weighted by atomic mass is 9.84. The summed E-state index contributed by atoms with van der Waals surface area (Å²) in [5.74, 6) is -5.27. The van der Waals surface area contributed by atoms with Crippen LogP contribution in [0.1, 0.15) is 74.6 Å². The number of halogens is 3. The molecule has 3 fully saturated rings. The normalized spacial score (nSPS) is 23.0. The minimum absolute atomic E-state index is 0.0281. The monoisotopic (exact) mass is 850 g/mol. The van der Waals surface area contributed by atoms with Gasteiger partial charge in [0.1, 0.15) is 22.8 Å². The fraction of sp³-hybridized carbons (Fsp3) is 0.422. The third-order valence-electron chi connectivity index (χ3n) is 13.0. The van der Waals surface area contributed by atoms with Gasteiger partial charge >= 0.3 is 0 Å². The highest BCUT2D eigenvalue weighted by Gasteiger charge is 2.48. The van der Waals surface area contributed by atoms with Crippen molar-refractivity contribution >= 4 is 45.9 Å². The Bertz CT molecular complexity index is 2610. The third-order valence-corrected chi connectivity index (χ3v) is 13.0. The fourth-order valence-corrected chi connectivity index (χ4v) is 9.58. The number of fused-ring (bicyclic) bond motifs is 2. The number of benzene rings is 2. The lowest BCUT2D eigenvalue weighted by Crippen LogP contribution is -2.54. The van der Waals surface area contributed by atoms with Crippen molar-refractivity contribution in [3.63, 3.8) is 0 Å². The van der Waals surface area contributed by atoms with E-state index in [9.17, 15) is 19.5 Å². The van der Waals surface area contributed by atoms with Crippen molar-refractivity contribution in [2.24, 2.45) is 0 Å². The molecule has 0 bridgehead atoms. The molecule has 324 valence electrons. The number of alkyl halides is 2. The van der Waals surface area contributed by atoms with Crippen LogP contribution in [0.4, 0.5) is 36.2 Å². The number of hydrogen-bond donors (Lipinski definition) is 4. The molecular formula is C45H49F3N10O4. The van der Waals surface area contributed by atoms with E-state index in [4.69, 9.17) is 9.97 Å². The van der Waals surface area contributed by atoms with Gasteiger partial charge in [-0.05, 0) is 105 Å². The van der Waals surface area contributed by atoms with Gasteiger partial charge in [0, 0.05) is 48.8 Å². The number of carbonyl (C=O) groups excluding carboxylic acids is 2. The maximum absolute atomic E-state index is 15.8. The standard InChI is InChI=1S/C45H49F3N10O4/c1-3-20-57-42(61)33-25-49-43(54-40(33)58(57)37-13-5-27-15-19-44(62,4-2)39(27)52-37)51-28-6-9-30(10-7-28)55-21-16-31(17-22-55)56-23-18-34(45(47,48)26-56)32-11-8-29(24-35(32)46)50-36-12-14-38(59)53-41(36)60/h3,5-11,13,24-25,31,34,36,50,62H,1,4,12,14-23,26H2,2H3,(H,49,51,54)(H,53,59,60)/t34-,36?,44-/m1/s1. The summed E-state index contributed by atoms with van der Waals surface area (Å²) in [6, 6.07) is 14.9. The van der Waals surface area contributed by atoms with Gasteiger partial charge in [-0.1, -0.05) is 25.1 Å². The number of aliphatic hydroxyl groups is 1. The van der Waals surface area contributed by atoms with Gasteiger partial charge in [-0.25, -0.2) is 32.5 Å². The highest BCUT2D eigenvalue weighted by Crippen LogP contribution is 2.43. The molecule has 2 aromatic carbocycles. The van der Waals surface area contributed by atoms with E-state index in [-0.39, 0.29) is 54.8 Å². The zero-order valence-electron chi connectivity index (χ0n) is 34.4. The van der Waals surface area contributed by atoms with Gasteiger partial charge in [0.25, 0.3) is 11.5 Å². The maximum atomic E-state index is 15.8. The number of imide groups is 1. The van der Waals surface area contributed by atoms with Gasteiger partial charge in [0.15, 0.2) is 11.5 Å². The smallest absolute Gasteiger partial charge is 0.278 e. The summed E-state index contributed by atoms with van der Waals surface area (Å²) in [6.07, 6.45) is 6.92. The molecule has 6 heterocycles. The molecule has 9 rings (SSSR count). The van der Waals surface area contributed by atoms with Gasteiger partial charge < -0.3 is 20.6 Å². The van der Waals surface area contributed by atoms with Crippen LogP contribution in [0.2, 0.25) is 0 Å². The Kier molecular flexibility index (Phi) is 10.9. The average molecular weight is 851 g/mol. The van der Waals surface area contributed by atoms with Gasteiger partial charge in [-0.2, -0.15) is 4.98 Å². The molecule has 62 heavy (non-hydrogen) atoms. The molecular weight excluding hydrogens is 802 g/mol. The van der Waals surface area contributed by atoms with E-state index < -0.39 is 41.8 Å². The number of piperidine rings is 3. The number of nitrogens with zero attached hydrogens (tertiary/aromatic N) is 7. The van der Waals surface area contributed by atoms with Crippen LogP contribution in [-0.2, 0) is 28.2 Å². The van der Waals surface area contributed by atoms with E-state index in [1.165, 1.54) is 23.0 Å². The van der Waals surface area contributed by atoms with E-state index in [0.29, 0.717) is 73.6 Å². The minimum atomic E-state index is -3.14. The van der Waals surface area contributed by atoms with E-state index >= 15 is 13.2 Å². The number of carbonyl (C=O) groups is 2. The van der Waals surface area contributed by atoms with Crippen LogP contribution in [-0.4, -0.2) is 90.3 Å². The molecule has 0 spiro atoms. The van der Waals surface area contributed by atoms with Crippen molar-refractivity contribution in [1.29, 1.82) is 0 Å². The summed E-state index contributed by atoms with van der Waals surface area (Å²) in [5.41, 5.74) is 2.64. The summed E-state index contributed by atoms with van der Waals surface area (Å²) in [5, 5.41) is 20.0. The van der Waals surface area contributed by atoms with Gasteiger partial charge in [0.05, 0.1) is 24.7 Å². The Morgan fingerprint density at radius 1 is 0.968 bits per heavy atom. The number of anilines is 4. The lowest BCUT2D eigenvalue weighted by molar-refractivity contribution is -0.133. The third kappa shape index (κ3) is 7.72. The second-order valence-corrected chi connectivity index (χ2v) is 16.8. The zero-order valence-corrected chi connectivity index (χ0v) is 34.4. The molecule has 14 nitrogen and oxygen atoms in total. The predicted molar refractivity (Wildman–Crippen MR) is 229 cm³/mol. The van der Waals surface area contributed by atoms with Crippen LogP contribution in [0.25, 0.3) is 16.9 Å². The molecule has 3 atom stereocenters. The van der Waals surface area contributed by atoms with Gasteiger partial charge in [-0.3, -0.25) is 24.6 Å². The maximum Gasteiger partial charge on any atom is 0.278 e. The molecule has 0 radical (unpaired) electrons. The Hall–Kier alpha value is -6.07. The van der Waals surface area contributed by atoms with Crippen LogP contribution < -0.4 is 26.4 Å². The van der Waals surface area contributed by atoms with Crippen LogP contribution >= 0.6 is 0 Å². The molecule has 0 saturated carbocycles. The SMILES string of the molecule is C=CCn1c(=O)c2cnc(Nc3ccc(N4CCC(N5CC[C@H](c6ccc(NC7CCC(=O)NC7=O)cc6F)C(F)(F)C5)CC4)cc3)nc2n1-c1ccc2c(n1)[C@@](O)(CC)CC2. The molecule has 17 heteroatoms. The molecule has 4 N–H and O–H groups in total. The summed E-state index contributed by atoms with van der Waals surface area (Å²) < 4.78 is 50.0. The first kappa shape index (κ1) is 41.3. The Balaban J connectivity index is 0.827. The van der Waals surface area contributed by atoms with Crippen LogP contribution in [0.15, 0.2) is 78.2 Å². The molecule has 2 amide bonds. The van der Waals surface area contributed by atoms with Crippen molar-refractivity contribution in [2.45, 2.75) is 94.4 Å². The van der Waals surface area contributed by atoms with Crippen LogP contribution in [0.3, 0.4) is 0 Å². The largest absolute Gasteiger partial charge is 0.384 e. The highest BCUT2D eigenvalue weighted by molar-refractivity contribution is 6.01. The van der Waals surface area contributed by atoms with E-state index in [2.05, 4.69) is 32.4 Å². The Labute approximate surface area is 355 Å². The molecule has 5 aromatic rings. The zero-order chi connectivity index (χ0) is 43.3. The molecule has 3 aliphatic heterocycles.